The van der Waals surface area contributed by atoms with Crippen molar-refractivity contribution in [2.24, 2.45) is 11.8 Å². The van der Waals surface area contributed by atoms with E-state index in [1.54, 1.807) is 0 Å². The van der Waals surface area contributed by atoms with Crippen molar-refractivity contribution in [3.63, 3.8) is 0 Å². The Morgan fingerprint density at radius 1 is 1.86 bits per heavy atom. The smallest absolute Gasteiger partial charge is 0.0659 e. The molecule has 0 N–H and O–H groups in total. The molecule has 0 aromatic heterocycles. The Hall–Kier alpha value is 0.220. The quantitative estimate of drug-likeness (QED) is 0.473. The fourth-order valence-electron chi connectivity index (χ4n) is 0.576. The zero-order chi connectivity index (χ0) is 5.28. The molecule has 0 aliphatic heterocycles. The van der Waals surface area contributed by atoms with Crippen LogP contribution in [0.5, 0.6) is 0 Å². The molecular weight excluding hydrogens is 201 g/mol. The zero-order valence-corrected chi connectivity index (χ0v) is 6.05. The van der Waals surface area contributed by atoms with E-state index in [0.29, 0.717) is 5.92 Å². The SMILES string of the molecule is N#CC1CC1CI. The van der Waals surface area contributed by atoms with Crippen LogP contribution in [0.15, 0.2) is 0 Å². The summed E-state index contributed by atoms with van der Waals surface area (Å²) in [7, 11) is 0. The van der Waals surface area contributed by atoms with Crippen LogP contribution in [0.25, 0.3) is 0 Å². The number of hydrogen-bond acceptors (Lipinski definition) is 1. The van der Waals surface area contributed by atoms with Crippen LogP contribution < -0.4 is 0 Å². The third-order valence-electron chi connectivity index (χ3n) is 1.29. The molecule has 1 saturated carbocycles. The summed E-state index contributed by atoms with van der Waals surface area (Å²) < 4.78 is 1.16. The molecule has 0 amide bonds. The Bertz CT molecular complexity index is 105. The number of halogens is 1. The summed E-state index contributed by atoms with van der Waals surface area (Å²) in [4.78, 5) is 0. The van der Waals surface area contributed by atoms with E-state index in [0.717, 1.165) is 16.8 Å². The lowest BCUT2D eigenvalue weighted by Gasteiger charge is -1.75. The molecule has 0 aromatic rings. The maximum atomic E-state index is 8.25. The molecule has 0 heterocycles. The lowest BCUT2D eigenvalue weighted by molar-refractivity contribution is 0.938. The Morgan fingerprint density at radius 2 is 2.57 bits per heavy atom. The molecule has 7 heavy (non-hydrogen) atoms. The van der Waals surface area contributed by atoms with Crippen LogP contribution in [0.2, 0.25) is 0 Å². The van der Waals surface area contributed by atoms with Crippen LogP contribution >= 0.6 is 22.6 Å². The van der Waals surface area contributed by atoms with Gasteiger partial charge in [0, 0.05) is 4.43 Å². The van der Waals surface area contributed by atoms with Crippen LogP contribution in [0, 0.1) is 23.2 Å². The van der Waals surface area contributed by atoms with E-state index < -0.39 is 0 Å². The van der Waals surface area contributed by atoms with Gasteiger partial charge in [-0.25, -0.2) is 0 Å². The van der Waals surface area contributed by atoms with Gasteiger partial charge in [0.05, 0.1) is 12.0 Å². The Morgan fingerprint density at radius 3 is 2.71 bits per heavy atom. The van der Waals surface area contributed by atoms with Gasteiger partial charge in [0.2, 0.25) is 0 Å². The van der Waals surface area contributed by atoms with E-state index >= 15 is 0 Å². The molecule has 1 rings (SSSR count). The van der Waals surface area contributed by atoms with E-state index in [1.165, 1.54) is 0 Å². The summed E-state index contributed by atoms with van der Waals surface area (Å²) in [5.41, 5.74) is 0. The zero-order valence-electron chi connectivity index (χ0n) is 3.89. The van der Waals surface area contributed by atoms with Gasteiger partial charge in [-0.15, -0.1) is 0 Å². The van der Waals surface area contributed by atoms with Crippen molar-refractivity contribution < 1.29 is 0 Å². The summed E-state index contributed by atoms with van der Waals surface area (Å²) in [5.74, 6) is 1.16. The first-order valence-corrected chi connectivity index (χ1v) is 3.86. The molecule has 0 radical (unpaired) electrons. The van der Waals surface area contributed by atoms with Gasteiger partial charge in [0.25, 0.3) is 0 Å². The van der Waals surface area contributed by atoms with Gasteiger partial charge in [0.1, 0.15) is 0 Å². The standard InChI is InChI=1S/C5H6IN/c6-2-4-1-5(4)3-7/h4-5H,1-2H2. The number of hydrogen-bond donors (Lipinski definition) is 0. The van der Waals surface area contributed by atoms with Crippen molar-refractivity contribution in [3.8, 4) is 6.07 Å². The molecule has 0 saturated heterocycles. The van der Waals surface area contributed by atoms with Crippen molar-refractivity contribution in [3.05, 3.63) is 0 Å². The van der Waals surface area contributed by atoms with Gasteiger partial charge < -0.3 is 0 Å². The normalized spacial score (nSPS) is 37.1. The first kappa shape index (κ1) is 5.36. The summed E-state index contributed by atoms with van der Waals surface area (Å²) >= 11 is 2.33. The van der Waals surface area contributed by atoms with Crippen LogP contribution in [-0.2, 0) is 0 Å². The number of nitriles is 1. The molecule has 1 nitrogen and oxygen atoms in total. The minimum atomic E-state index is 0.414. The van der Waals surface area contributed by atoms with Crippen molar-refractivity contribution >= 4 is 22.6 Å². The van der Waals surface area contributed by atoms with E-state index in [9.17, 15) is 0 Å². The fraction of sp³-hybridized carbons (Fsp3) is 0.800. The predicted molar refractivity (Wildman–Crippen MR) is 36.1 cm³/mol. The number of rotatable bonds is 1. The van der Waals surface area contributed by atoms with E-state index in [-0.39, 0.29) is 0 Å². The van der Waals surface area contributed by atoms with Gasteiger partial charge in [-0.3, -0.25) is 0 Å². The van der Waals surface area contributed by atoms with Crippen molar-refractivity contribution in [2.75, 3.05) is 4.43 Å². The highest BCUT2D eigenvalue weighted by atomic mass is 127. The van der Waals surface area contributed by atoms with Gasteiger partial charge in [0.15, 0.2) is 0 Å². The minimum absolute atomic E-state index is 0.414. The molecule has 1 aliphatic carbocycles. The fourth-order valence-corrected chi connectivity index (χ4v) is 1.55. The highest BCUT2D eigenvalue weighted by Crippen LogP contribution is 2.38. The monoisotopic (exact) mass is 207 g/mol. The Kier molecular flexibility index (Phi) is 1.53. The van der Waals surface area contributed by atoms with E-state index in [2.05, 4.69) is 28.7 Å². The largest absolute Gasteiger partial charge is 0.198 e. The first-order valence-electron chi connectivity index (χ1n) is 2.34. The van der Waals surface area contributed by atoms with Crippen molar-refractivity contribution in [1.82, 2.24) is 0 Å². The number of alkyl halides is 1. The highest BCUT2D eigenvalue weighted by molar-refractivity contribution is 14.1. The van der Waals surface area contributed by atoms with E-state index in [4.69, 9.17) is 5.26 Å². The van der Waals surface area contributed by atoms with Gasteiger partial charge >= 0.3 is 0 Å². The van der Waals surface area contributed by atoms with Crippen LogP contribution in [0.3, 0.4) is 0 Å². The molecular formula is C5H6IN. The average Bonchev–Trinajstić information content (AvgIpc) is 2.43. The van der Waals surface area contributed by atoms with Crippen LogP contribution in [-0.4, -0.2) is 4.43 Å². The third-order valence-corrected chi connectivity index (χ3v) is 2.42. The highest BCUT2D eigenvalue weighted by Gasteiger charge is 2.35. The Balaban J connectivity index is 2.21. The first-order chi connectivity index (χ1) is 3.38. The molecule has 1 fully saturated rings. The third kappa shape index (κ3) is 1.06. The topological polar surface area (TPSA) is 23.8 Å². The molecule has 0 spiro atoms. The minimum Gasteiger partial charge on any atom is -0.198 e. The lowest BCUT2D eigenvalue weighted by atomic mass is 10.4. The summed E-state index contributed by atoms with van der Waals surface area (Å²) in [6.07, 6.45) is 1.15. The molecule has 1 aliphatic rings. The lowest BCUT2D eigenvalue weighted by Crippen LogP contribution is -1.76. The maximum Gasteiger partial charge on any atom is 0.0659 e. The molecule has 2 atom stereocenters. The average molecular weight is 207 g/mol. The van der Waals surface area contributed by atoms with Crippen LogP contribution in [0.1, 0.15) is 6.42 Å². The van der Waals surface area contributed by atoms with Crippen molar-refractivity contribution in [1.29, 1.82) is 5.26 Å². The van der Waals surface area contributed by atoms with Crippen LogP contribution in [0.4, 0.5) is 0 Å². The molecule has 38 valence electrons. The molecule has 0 bridgehead atoms. The van der Waals surface area contributed by atoms with Gasteiger partial charge in [-0.1, -0.05) is 22.6 Å². The maximum absolute atomic E-state index is 8.25. The second kappa shape index (κ2) is 1.99. The predicted octanol–water partition coefficient (Wildman–Crippen LogP) is 1.58. The molecule has 2 heteroatoms. The summed E-state index contributed by atoms with van der Waals surface area (Å²) in [6, 6.07) is 2.24. The van der Waals surface area contributed by atoms with E-state index in [1.807, 2.05) is 0 Å². The van der Waals surface area contributed by atoms with Gasteiger partial charge in [-0.05, 0) is 12.3 Å². The second-order valence-corrected chi connectivity index (χ2v) is 2.77. The number of nitrogens with zero attached hydrogens (tertiary/aromatic N) is 1. The summed E-state index contributed by atoms with van der Waals surface area (Å²) in [5, 5.41) is 8.25. The second-order valence-electron chi connectivity index (χ2n) is 1.89. The summed E-state index contributed by atoms with van der Waals surface area (Å²) in [6.45, 7) is 0. The Labute approximate surface area is 56.8 Å². The molecule has 2 unspecified atom stereocenters. The van der Waals surface area contributed by atoms with Crippen molar-refractivity contribution in [2.45, 2.75) is 6.42 Å². The van der Waals surface area contributed by atoms with Gasteiger partial charge in [-0.2, -0.15) is 5.26 Å². The molecule has 0 aromatic carbocycles.